The van der Waals surface area contributed by atoms with E-state index in [1.54, 1.807) is 48.1 Å². The van der Waals surface area contributed by atoms with Crippen LogP contribution in [0.15, 0.2) is 84.1 Å². The highest BCUT2D eigenvalue weighted by molar-refractivity contribution is 7.08. The van der Waals surface area contributed by atoms with Crippen LogP contribution in [0.3, 0.4) is 0 Å². The molecule has 8 heteroatoms. The summed E-state index contributed by atoms with van der Waals surface area (Å²) in [6.07, 6.45) is 5.46. The second kappa shape index (κ2) is 10.3. The van der Waals surface area contributed by atoms with Crippen LogP contribution >= 0.6 is 22.9 Å². The van der Waals surface area contributed by atoms with E-state index in [0.717, 1.165) is 11.1 Å². The normalized spacial score (nSPS) is 11.7. The SMILES string of the molecule is O=C(CCn1ccnc1)Nc1cccc(C(=O)NC(c2ccc(Cl)cc2)c2ccsc2)c1. The van der Waals surface area contributed by atoms with Crippen LogP contribution in [-0.4, -0.2) is 21.4 Å². The minimum atomic E-state index is -0.306. The summed E-state index contributed by atoms with van der Waals surface area (Å²) < 4.78 is 1.84. The monoisotopic (exact) mass is 464 g/mol. The summed E-state index contributed by atoms with van der Waals surface area (Å²) in [6.45, 7) is 0.537. The number of thiophene rings is 1. The molecule has 4 rings (SSSR count). The standard InChI is InChI=1S/C24H21ClN4O2S/c25-20-6-4-17(5-7-20)23(19-9-13-32-15-19)28-24(31)18-2-1-3-21(14-18)27-22(30)8-11-29-12-10-26-16-29/h1-7,9-10,12-16,23H,8,11H2,(H,27,30)(H,28,31). The fraction of sp³-hybridized carbons (Fsp3) is 0.125. The molecule has 1 atom stereocenters. The van der Waals surface area contributed by atoms with Gasteiger partial charge in [-0.05, 0) is 58.3 Å². The molecule has 0 saturated carbocycles. The molecule has 4 aromatic rings. The first-order valence-electron chi connectivity index (χ1n) is 10.0. The van der Waals surface area contributed by atoms with Crippen LogP contribution < -0.4 is 10.6 Å². The summed E-state index contributed by atoms with van der Waals surface area (Å²) in [5.41, 5.74) is 2.97. The first kappa shape index (κ1) is 21.8. The van der Waals surface area contributed by atoms with E-state index < -0.39 is 0 Å². The number of amides is 2. The second-order valence-electron chi connectivity index (χ2n) is 7.19. The molecule has 2 aromatic carbocycles. The van der Waals surface area contributed by atoms with Crippen molar-refractivity contribution in [2.24, 2.45) is 0 Å². The lowest BCUT2D eigenvalue weighted by atomic mass is 10.0. The Hall–Kier alpha value is -3.42. The number of aryl methyl sites for hydroxylation is 1. The largest absolute Gasteiger partial charge is 0.341 e. The molecule has 2 heterocycles. The van der Waals surface area contributed by atoms with Gasteiger partial charge in [0.2, 0.25) is 5.91 Å². The lowest BCUT2D eigenvalue weighted by molar-refractivity contribution is -0.116. The van der Waals surface area contributed by atoms with E-state index in [0.29, 0.717) is 29.2 Å². The van der Waals surface area contributed by atoms with Gasteiger partial charge in [0.15, 0.2) is 0 Å². The highest BCUT2D eigenvalue weighted by Crippen LogP contribution is 2.26. The molecule has 0 fully saturated rings. The molecule has 0 aliphatic carbocycles. The predicted molar refractivity (Wildman–Crippen MR) is 127 cm³/mol. The molecule has 0 saturated heterocycles. The number of carbonyl (C=O) groups is 2. The lowest BCUT2D eigenvalue weighted by Gasteiger charge is -2.19. The first-order chi connectivity index (χ1) is 15.6. The molecule has 32 heavy (non-hydrogen) atoms. The second-order valence-corrected chi connectivity index (χ2v) is 8.41. The average molecular weight is 465 g/mol. The van der Waals surface area contributed by atoms with Gasteiger partial charge >= 0.3 is 0 Å². The van der Waals surface area contributed by atoms with Gasteiger partial charge in [0, 0.05) is 41.6 Å². The maximum Gasteiger partial charge on any atom is 0.252 e. The van der Waals surface area contributed by atoms with E-state index in [2.05, 4.69) is 15.6 Å². The molecule has 0 aliphatic heterocycles. The summed E-state index contributed by atoms with van der Waals surface area (Å²) in [5, 5.41) is 10.6. The van der Waals surface area contributed by atoms with Crippen molar-refractivity contribution < 1.29 is 9.59 Å². The van der Waals surface area contributed by atoms with Crippen molar-refractivity contribution in [3.05, 3.63) is 106 Å². The number of hydrogen-bond acceptors (Lipinski definition) is 4. The Bertz CT molecular complexity index is 1180. The minimum absolute atomic E-state index is 0.131. The van der Waals surface area contributed by atoms with E-state index in [9.17, 15) is 9.59 Å². The number of hydrogen-bond donors (Lipinski definition) is 2. The van der Waals surface area contributed by atoms with Crippen LogP contribution in [0.2, 0.25) is 5.02 Å². The van der Waals surface area contributed by atoms with Gasteiger partial charge in [0.1, 0.15) is 0 Å². The molecule has 0 bridgehead atoms. The van der Waals surface area contributed by atoms with E-state index in [4.69, 9.17) is 11.6 Å². The van der Waals surface area contributed by atoms with Gasteiger partial charge < -0.3 is 15.2 Å². The summed E-state index contributed by atoms with van der Waals surface area (Å²) in [7, 11) is 0. The fourth-order valence-corrected chi connectivity index (χ4v) is 4.09. The predicted octanol–water partition coefficient (Wildman–Crippen LogP) is 5.15. The summed E-state index contributed by atoms with van der Waals surface area (Å²) >= 11 is 7.60. The van der Waals surface area contributed by atoms with Gasteiger partial charge in [-0.2, -0.15) is 11.3 Å². The van der Waals surface area contributed by atoms with Crippen molar-refractivity contribution in [3.8, 4) is 0 Å². The molecule has 0 spiro atoms. The van der Waals surface area contributed by atoms with Gasteiger partial charge in [-0.1, -0.05) is 29.8 Å². The third kappa shape index (κ3) is 5.63. The third-order valence-corrected chi connectivity index (χ3v) is 5.87. The molecule has 6 nitrogen and oxygen atoms in total. The maximum absolute atomic E-state index is 13.1. The molecular weight excluding hydrogens is 444 g/mol. The Balaban J connectivity index is 1.45. The molecule has 0 radical (unpaired) electrons. The van der Waals surface area contributed by atoms with Crippen molar-refractivity contribution in [2.75, 3.05) is 5.32 Å². The van der Waals surface area contributed by atoms with Crippen molar-refractivity contribution >= 4 is 40.4 Å². The third-order valence-electron chi connectivity index (χ3n) is 4.92. The Kier molecular flexibility index (Phi) is 6.99. The fourth-order valence-electron chi connectivity index (χ4n) is 3.28. The number of anilines is 1. The highest BCUT2D eigenvalue weighted by atomic mass is 35.5. The number of benzene rings is 2. The molecule has 2 aromatic heterocycles. The Morgan fingerprint density at radius 3 is 2.66 bits per heavy atom. The van der Waals surface area contributed by atoms with Crippen LogP contribution in [-0.2, 0) is 11.3 Å². The van der Waals surface area contributed by atoms with Gasteiger partial charge in [0.05, 0.1) is 12.4 Å². The summed E-state index contributed by atoms with van der Waals surface area (Å²) in [5.74, 6) is -0.362. The number of aromatic nitrogens is 2. The summed E-state index contributed by atoms with van der Waals surface area (Å²) in [4.78, 5) is 29.3. The zero-order valence-corrected chi connectivity index (χ0v) is 18.6. The van der Waals surface area contributed by atoms with Crippen LogP contribution in [0.4, 0.5) is 5.69 Å². The van der Waals surface area contributed by atoms with Crippen LogP contribution in [0.25, 0.3) is 0 Å². The molecule has 0 aliphatic rings. The topological polar surface area (TPSA) is 76.0 Å². The number of carbonyl (C=O) groups excluding carboxylic acids is 2. The number of imidazole rings is 1. The van der Waals surface area contributed by atoms with Crippen LogP contribution in [0.1, 0.15) is 33.9 Å². The number of halogens is 1. The number of nitrogens with one attached hydrogen (secondary N) is 2. The maximum atomic E-state index is 13.1. The quantitative estimate of drug-likeness (QED) is 0.379. The van der Waals surface area contributed by atoms with E-state index in [-0.39, 0.29) is 17.9 Å². The Morgan fingerprint density at radius 2 is 1.94 bits per heavy atom. The smallest absolute Gasteiger partial charge is 0.252 e. The van der Waals surface area contributed by atoms with Crippen molar-refractivity contribution in [3.63, 3.8) is 0 Å². The molecule has 1 unspecified atom stereocenters. The lowest BCUT2D eigenvalue weighted by Crippen LogP contribution is -2.29. The van der Waals surface area contributed by atoms with Crippen molar-refractivity contribution in [1.29, 1.82) is 0 Å². The Morgan fingerprint density at radius 1 is 1.09 bits per heavy atom. The number of rotatable bonds is 8. The van der Waals surface area contributed by atoms with E-state index >= 15 is 0 Å². The van der Waals surface area contributed by atoms with Gasteiger partial charge in [-0.25, -0.2) is 4.98 Å². The zero-order valence-electron chi connectivity index (χ0n) is 17.1. The van der Waals surface area contributed by atoms with Gasteiger partial charge in [-0.15, -0.1) is 0 Å². The van der Waals surface area contributed by atoms with E-state index in [1.165, 1.54) is 0 Å². The van der Waals surface area contributed by atoms with Crippen molar-refractivity contribution in [2.45, 2.75) is 19.0 Å². The molecule has 2 amide bonds. The Labute approximate surface area is 194 Å². The minimum Gasteiger partial charge on any atom is -0.341 e. The number of nitrogens with zero attached hydrogens (tertiary/aromatic N) is 2. The van der Waals surface area contributed by atoms with Crippen LogP contribution in [0, 0.1) is 0 Å². The van der Waals surface area contributed by atoms with Gasteiger partial charge in [-0.3, -0.25) is 9.59 Å². The molecular formula is C24H21ClN4O2S. The highest BCUT2D eigenvalue weighted by Gasteiger charge is 2.19. The molecule has 2 N–H and O–H groups in total. The molecule has 162 valence electrons. The average Bonchev–Trinajstić information content (AvgIpc) is 3.51. The summed E-state index contributed by atoms with van der Waals surface area (Å²) in [6, 6.07) is 16.0. The van der Waals surface area contributed by atoms with Crippen LogP contribution in [0.5, 0.6) is 0 Å². The zero-order chi connectivity index (χ0) is 22.3. The van der Waals surface area contributed by atoms with Gasteiger partial charge in [0.25, 0.3) is 5.91 Å². The first-order valence-corrected chi connectivity index (χ1v) is 11.3. The van der Waals surface area contributed by atoms with E-state index in [1.807, 2.05) is 51.9 Å². The van der Waals surface area contributed by atoms with Crippen molar-refractivity contribution in [1.82, 2.24) is 14.9 Å².